The second-order valence-electron chi connectivity index (χ2n) is 7.89. The molecule has 2 aliphatic rings. The highest BCUT2D eigenvalue weighted by molar-refractivity contribution is 8.42. The van der Waals surface area contributed by atoms with Crippen LogP contribution in [0.1, 0.15) is 29.8 Å². The number of carbonyl (C=O) groups excluding carboxylic acids is 2. The molecule has 0 saturated heterocycles. The largest absolute Gasteiger partial charge is 0.423 e. The summed E-state index contributed by atoms with van der Waals surface area (Å²) in [5.41, 5.74) is 0.946. The molecule has 2 heterocycles. The molecule has 1 N–H and O–H groups in total. The number of sulfone groups is 1. The van der Waals surface area contributed by atoms with Gasteiger partial charge < -0.3 is 4.74 Å². The first-order valence-electron chi connectivity index (χ1n) is 10.2. The number of amides is 1. The van der Waals surface area contributed by atoms with Crippen molar-refractivity contribution in [3.63, 3.8) is 0 Å². The number of ether oxygens (including phenoxy) is 1. The van der Waals surface area contributed by atoms with Crippen LogP contribution < -0.4 is 4.74 Å². The van der Waals surface area contributed by atoms with Crippen molar-refractivity contribution in [3.05, 3.63) is 71.3 Å². The molecule has 0 bridgehead atoms. The number of nitrogens with zero attached hydrogens (tertiary/aromatic N) is 3. The fourth-order valence-corrected chi connectivity index (χ4v) is 5.94. The fraction of sp³-hybridized carbons (Fsp3) is 0.174. The van der Waals surface area contributed by atoms with E-state index in [2.05, 4.69) is 10.1 Å². The Kier molecular flexibility index (Phi) is 6.49. The predicted molar refractivity (Wildman–Crippen MR) is 131 cm³/mol. The van der Waals surface area contributed by atoms with Crippen molar-refractivity contribution in [3.8, 4) is 5.75 Å². The summed E-state index contributed by atoms with van der Waals surface area (Å²) in [6.45, 7) is 3.56. The molecule has 1 amide bonds. The first-order chi connectivity index (χ1) is 16.1. The van der Waals surface area contributed by atoms with E-state index in [0.29, 0.717) is 16.9 Å². The van der Waals surface area contributed by atoms with Gasteiger partial charge in [0.05, 0.1) is 16.9 Å². The molecule has 0 atom stereocenters. The lowest BCUT2D eigenvalue weighted by Gasteiger charge is -2.20. The highest BCUT2D eigenvalue weighted by atomic mass is 32.3. The summed E-state index contributed by atoms with van der Waals surface area (Å²) >= 11 is 0.766. The number of hydrogen-bond acceptors (Lipinski definition) is 8. The van der Waals surface area contributed by atoms with Gasteiger partial charge in [-0.15, -0.1) is 5.10 Å². The van der Waals surface area contributed by atoms with Crippen LogP contribution in [0.2, 0.25) is 0 Å². The number of hydrazone groups is 1. The van der Waals surface area contributed by atoms with Crippen LogP contribution in [0.25, 0.3) is 6.08 Å². The van der Waals surface area contributed by atoms with Gasteiger partial charge in [-0.3, -0.25) is 10.2 Å². The number of rotatable bonds is 5. The molecule has 0 saturated carbocycles. The maximum absolute atomic E-state index is 12.5. The van der Waals surface area contributed by atoms with Crippen molar-refractivity contribution >= 4 is 54.9 Å². The number of carbonyl (C=O) groups is 2. The monoisotopic (exact) mass is 496 g/mol. The van der Waals surface area contributed by atoms with Crippen molar-refractivity contribution in [1.82, 2.24) is 5.01 Å². The lowest BCUT2D eigenvalue weighted by Crippen LogP contribution is -2.35. The van der Waals surface area contributed by atoms with Crippen molar-refractivity contribution in [2.45, 2.75) is 13.8 Å². The molecule has 2 aromatic carbocycles. The number of aliphatic imine (C=N–C) groups is 1. The molecule has 2 aliphatic heterocycles. The third-order valence-corrected chi connectivity index (χ3v) is 8.10. The zero-order chi connectivity index (χ0) is 24.5. The quantitative estimate of drug-likeness (QED) is 0.381. The Morgan fingerprint density at radius 3 is 2.47 bits per heavy atom. The van der Waals surface area contributed by atoms with Crippen molar-refractivity contribution in [1.29, 1.82) is 5.41 Å². The molecule has 0 unspecified atom stereocenters. The Bertz CT molecular complexity index is 1360. The SMILES string of the molecule is CC(C)CS(=O)(=O)C1=NN2C(=N)/C(=C/c3ccc(OC(=O)c4ccccc4)cc3)C(=O)N=C2S1. The number of amidine groups is 2. The molecule has 0 spiro atoms. The summed E-state index contributed by atoms with van der Waals surface area (Å²) in [7, 11) is -3.65. The van der Waals surface area contributed by atoms with E-state index in [4.69, 9.17) is 10.1 Å². The molecule has 0 radical (unpaired) electrons. The van der Waals surface area contributed by atoms with E-state index in [1.54, 1.807) is 68.4 Å². The van der Waals surface area contributed by atoms with E-state index < -0.39 is 21.7 Å². The van der Waals surface area contributed by atoms with Crippen LogP contribution in [-0.2, 0) is 14.6 Å². The molecule has 174 valence electrons. The van der Waals surface area contributed by atoms with E-state index >= 15 is 0 Å². The summed E-state index contributed by atoms with van der Waals surface area (Å²) < 4.78 is 30.2. The second kappa shape index (κ2) is 9.35. The smallest absolute Gasteiger partial charge is 0.343 e. The van der Waals surface area contributed by atoms with E-state index in [9.17, 15) is 18.0 Å². The summed E-state index contributed by atoms with van der Waals surface area (Å²) in [5.74, 6) is -1.30. The number of thioether (sulfide) groups is 1. The zero-order valence-electron chi connectivity index (χ0n) is 18.3. The van der Waals surface area contributed by atoms with E-state index in [-0.39, 0.29) is 32.6 Å². The number of nitrogens with one attached hydrogen (secondary N) is 1. The lowest BCUT2D eigenvalue weighted by molar-refractivity contribution is -0.114. The topological polar surface area (TPSA) is 129 Å². The Hall–Kier alpha value is -3.57. The summed E-state index contributed by atoms with van der Waals surface area (Å²) in [4.78, 5) is 28.6. The Labute approximate surface area is 200 Å². The van der Waals surface area contributed by atoms with Crippen molar-refractivity contribution in [2.24, 2.45) is 16.0 Å². The van der Waals surface area contributed by atoms with Crippen LogP contribution in [0.3, 0.4) is 0 Å². The first kappa shape index (κ1) is 23.6. The zero-order valence-corrected chi connectivity index (χ0v) is 19.9. The van der Waals surface area contributed by atoms with Crippen LogP contribution in [0, 0.1) is 11.3 Å². The molecule has 2 aromatic rings. The Morgan fingerprint density at radius 2 is 1.82 bits per heavy atom. The standard InChI is InChI=1S/C23H20N4O5S2/c1-14(2)13-34(30,31)23-26-27-19(24)18(20(28)25-22(27)33-23)12-15-8-10-17(11-9-15)32-21(29)16-6-4-3-5-7-16/h3-12,14,24H,13H2,1-2H3/b18-12-,24-19?. The summed E-state index contributed by atoms with van der Waals surface area (Å²) in [6, 6.07) is 15.0. The Morgan fingerprint density at radius 1 is 1.15 bits per heavy atom. The minimum Gasteiger partial charge on any atom is -0.423 e. The van der Waals surface area contributed by atoms with Gasteiger partial charge in [0.2, 0.25) is 19.4 Å². The molecular formula is C23H20N4O5S2. The molecule has 9 nitrogen and oxygen atoms in total. The van der Waals surface area contributed by atoms with Gasteiger partial charge in [-0.25, -0.2) is 13.2 Å². The summed E-state index contributed by atoms with van der Waals surface area (Å²) in [6.07, 6.45) is 1.45. The number of esters is 1. The minimum absolute atomic E-state index is 0.0374. The highest BCUT2D eigenvalue weighted by Crippen LogP contribution is 2.31. The van der Waals surface area contributed by atoms with Gasteiger partial charge in [-0.1, -0.05) is 44.2 Å². The maximum atomic E-state index is 12.5. The maximum Gasteiger partial charge on any atom is 0.343 e. The summed E-state index contributed by atoms with van der Waals surface area (Å²) in [5, 5.41) is 13.5. The number of hydrogen-bond donors (Lipinski definition) is 1. The van der Waals surface area contributed by atoms with Gasteiger partial charge in [-0.05, 0) is 53.6 Å². The van der Waals surface area contributed by atoms with Gasteiger partial charge in [0.1, 0.15) is 5.75 Å². The van der Waals surface area contributed by atoms with Crippen molar-refractivity contribution in [2.75, 3.05) is 5.75 Å². The molecule has 34 heavy (non-hydrogen) atoms. The lowest BCUT2D eigenvalue weighted by atomic mass is 10.1. The van der Waals surface area contributed by atoms with Crippen molar-refractivity contribution < 1.29 is 22.7 Å². The third kappa shape index (κ3) is 5.00. The van der Waals surface area contributed by atoms with Crippen LogP contribution in [0.5, 0.6) is 5.75 Å². The number of fused-ring (bicyclic) bond motifs is 1. The van der Waals surface area contributed by atoms with Crippen LogP contribution in [0.15, 0.2) is 70.3 Å². The van der Waals surface area contributed by atoms with Crippen LogP contribution in [0.4, 0.5) is 0 Å². The van der Waals surface area contributed by atoms with E-state index in [1.807, 2.05) is 0 Å². The molecule has 0 fully saturated rings. The highest BCUT2D eigenvalue weighted by Gasteiger charge is 2.39. The van der Waals surface area contributed by atoms with Gasteiger partial charge in [-0.2, -0.15) is 10.0 Å². The molecule has 11 heteroatoms. The van der Waals surface area contributed by atoms with Gasteiger partial charge in [0, 0.05) is 0 Å². The second-order valence-corrected chi connectivity index (χ2v) is 11.0. The molecular weight excluding hydrogens is 476 g/mol. The fourth-order valence-electron chi connectivity index (χ4n) is 3.15. The van der Waals surface area contributed by atoms with E-state index in [1.165, 1.54) is 6.08 Å². The molecule has 0 aliphatic carbocycles. The van der Waals surface area contributed by atoms with Crippen LogP contribution in [-0.4, -0.2) is 46.4 Å². The minimum atomic E-state index is -3.65. The third-order valence-electron chi connectivity index (χ3n) is 4.67. The van der Waals surface area contributed by atoms with Gasteiger partial charge in [0.25, 0.3) is 5.91 Å². The molecule has 0 aromatic heterocycles. The van der Waals surface area contributed by atoms with E-state index in [0.717, 1.165) is 16.8 Å². The average molecular weight is 497 g/mol. The van der Waals surface area contributed by atoms with Gasteiger partial charge >= 0.3 is 5.97 Å². The number of benzene rings is 2. The Balaban J connectivity index is 1.52. The predicted octanol–water partition coefficient (Wildman–Crippen LogP) is 3.55. The normalized spacial score (nSPS) is 17.0. The van der Waals surface area contributed by atoms with Gasteiger partial charge in [0.15, 0.2) is 5.84 Å². The molecule has 4 rings (SSSR count). The average Bonchev–Trinajstić information content (AvgIpc) is 3.23. The van der Waals surface area contributed by atoms with Crippen LogP contribution >= 0.6 is 11.8 Å². The first-order valence-corrected chi connectivity index (χ1v) is 12.7.